The van der Waals surface area contributed by atoms with Crippen LogP contribution in [0.25, 0.3) is 0 Å². The van der Waals surface area contributed by atoms with E-state index >= 15 is 0 Å². The Labute approximate surface area is 126 Å². The maximum absolute atomic E-state index is 3.78. The summed E-state index contributed by atoms with van der Waals surface area (Å²) in [5.74, 6) is 0. The van der Waals surface area contributed by atoms with Gasteiger partial charge in [-0.15, -0.1) is 0 Å². The van der Waals surface area contributed by atoms with Gasteiger partial charge in [0.2, 0.25) is 0 Å². The number of nitrogens with zero attached hydrogens (tertiary/aromatic N) is 2. The summed E-state index contributed by atoms with van der Waals surface area (Å²) in [6, 6.07) is 2.30. The molecule has 2 fully saturated rings. The van der Waals surface area contributed by atoms with Crippen molar-refractivity contribution in [2.75, 3.05) is 32.7 Å². The molecule has 0 aliphatic carbocycles. The van der Waals surface area contributed by atoms with Crippen LogP contribution in [0.2, 0.25) is 0 Å². The van der Waals surface area contributed by atoms with Gasteiger partial charge in [-0.05, 0) is 85.6 Å². The van der Waals surface area contributed by atoms with Crippen LogP contribution in [0.4, 0.5) is 0 Å². The Morgan fingerprint density at radius 1 is 1.05 bits per heavy atom. The predicted molar refractivity (Wildman–Crippen MR) is 87.2 cm³/mol. The van der Waals surface area contributed by atoms with Crippen LogP contribution in [0, 0.1) is 0 Å². The van der Waals surface area contributed by atoms with Crippen molar-refractivity contribution in [2.24, 2.45) is 0 Å². The summed E-state index contributed by atoms with van der Waals surface area (Å²) in [5.41, 5.74) is 0. The molecule has 20 heavy (non-hydrogen) atoms. The number of hydrogen-bond acceptors (Lipinski definition) is 3. The fourth-order valence-corrected chi connectivity index (χ4v) is 3.70. The molecule has 0 saturated carbocycles. The Morgan fingerprint density at radius 3 is 2.45 bits per heavy atom. The first-order chi connectivity index (χ1) is 9.66. The topological polar surface area (TPSA) is 18.5 Å². The van der Waals surface area contributed by atoms with Crippen molar-refractivity contribution in [3.05, 3.63) is 0 Å². The first kappa shape index (κ1) is 16.3. The van der Waals surface area contributed by atoms with Crippen LogP contribution in [0.15, 0.2) is 0 Å². The molecule has 0 amide bonds. The largest absolute Gasteiger partial charge is 0.314 e. The third kappa shape index (κ3) is 5.01. The zero-order chi connectivity index (χ0) is 14.4. The number of piperidine rings is 2. The molecule has 0 aromatic carbocycles. The van der Waals surface area contributed by atoms with E-state index in [0.29, 0.717) is 0 Å². The Bertz CT molecular complexity index is 259. The standard InChI is InChI=1S/C17H35N3/c1-15(2)19-13-8-17(9-14-19)18-10-6-12-20-11-5-4-7-16(20)3/h15-18H,4-14H2,1-3H3. The van der Waals surface area contributed by atoms with Crippen LogP contribution in [0.1, 0.15) is 59.3 Å². The van der Waals surface area contributed by atoms with Crippen LogP contribution in [-0.2, 0) is 0 Å². The molecular formula is C17H35N3. The zero-order valence-corrected chi connectivity index (χ0v) is 13.9. The van der Waals surface area contributed by atoms with E-state index in [1.807, 2.05) is 0 Å². The third-order valence-electron chi connectivity index (χ3n) is 5.26. The van der Waals surface area contributed by atoms with Gasteiger partial charge >= 0.3 is 0 Å². The van der Waals surface area contributed by atoms with E-state index in [1.165, 1.54) is 71.2 Å². The molecule has 2 saturated heterocycles. The Kier molecular flexibility index (Phi) is 6.79. The Hall–Kier alpha value is -0.120. The number of nitrogens with one attached hydrogen (secondary N) is 1. The van der Waals surface area contributed by atoms with Crippen molar-refractivity contribution in [2.45, 2.75) is 77.4 Å². The molecule has 118 valence electrons. The van der Waals surface area contributed by atoms with Crippen LogP contribution < -0.4 is 5.32 Å². The minimum Gasteiger partial charge on any atom is -0.314 e. The molecule has 0 aromatic heterocycles. The van der Waals surface area contributed by atoms with Gasteiger partial charge in [-0.3, -0.25) is 0 Å². The summed E-state index contributed by atoms with van der Waals surface area (Å²) in [6.07, 6.45) is 8.22. The SMILES string of the molecule is CC(C)N1CCC(NCCCN2CCCCC2C)CC1. The lowest BCUT2D eigenvalue weighted by molar-refractivity contribution is 0.150. The van der Waals surface area contributed by atoms with Crippen LogP contribution in [0.3, 0.4) is 0 Å². The third-order valence-corrected chi connectivity index (χ3v) is 5.26. The highest BCUT2D eigenvalue weighted by Crippen LogP contribution is 2.16. The fourth-order valence-electron chi connectivity index (χ4n) is 3.70. The quantitative estimate of drug-likeness (QED) is 0.755. The summed E-state index contributed by atoms with van der Waals surface area (Å²) in [6.45, 7) is 13.4. The van der Waals surface area contributed by atoms with Crippen LogP contribution >= 0.6 is 0 Å². The molecule has 0 radical (unpaired) electrons. The van der Waals surface area contributed by atoms with Gasteiger partial charge in [0.25, 0.3) is 0 Å². The van der Waals surface area contributed by atoms with Gasteiger partial charge in [0.1, 0.15) is 0 Å². The number of likely N-dealkylation sites (tertiary alicyclic amines) is 2. The van der Waals surface area contributed by atoms with Crippen molar-refractivity contribution >= 4 is 0 Å². The van der Waals surface area contributed by atoms with E-state index in [1.54, 1.807) is 0 Å². The van der Waals surface area contributed by atoms with Crippen molar-refractivity contribution in [3.63, 3.8) is 0 Å². The van der Waals surface area contributed by atoms with Crippen molar-refractivity contribution in [1.82, 2.24) is 15.1 Å². The van der Waals surface area contributed by atoms with Crippen molar-refractivity contribution < 1.29 is 0 Å². The van der Waals surface area contributed by atoms with E-state index < -0.39 is 0 Å². The fraction of sp³-hybridized carbons (Fsp3) is 1.00. The van der Waals surface area contributed by atoms with Crippen molar-refractivity contribution in [3.8, 4) is 0 Å². The second-order valence-corrected chi connectivity index (χ2v) is 7.09. The molecule has 0 spiro atoms. The maximum atomic E-state index is 3.78. The minimum absolute atomic E-state index is 0.719. The molecule has 1 atom stereocenters. The van der Waals surface area contributed by atoms with E-state index in [0.717, 1.165) is 18.1 Å². The second kappa shape index (κ2) is 8.35. The lowest BCUT2D eigenvalue weighted by Crippen LogP contribution is -2.45. The zero-order valence-electron chi connectivity index (χ0n) is 13.9. The molecule has 2 aliphatic rings. The smallest absolute Gasteiger partial charge is 0.00914 e. The van der Waals surface area contributed by atoms with Crippen LogP contribution in [0.5, 0.6) is 0 Å². The molecule has 0 aromatic rings. The molecule has 2 heterocycles. The van der Waals surface area contributed by atoms with Gasteiger partial charge in [-0.25, -0.2) is 0 Å². The molecule has 2 aliphatic heterocycles. The maximum Gasteiger partial charge on any atom is 0.00914 e. The Morgan fingerprint density at radius 2 is 1.80 bits per heavy atom. The number of rotatable bonds is 6. The van der Waals surface area contributed by atoms with E-state index in [2.05, 4.69) is 35.9 Å². The van der Waals surface area contributed by atoms with Gasteiger partial charge in [0, 0.05) is 18.1 Å². The minimum atomic E-state index is 0.719. The molecule has 3 heteroatoms. The lowest BCUT2D eigenvalue weighted by atomic mass is 10.0. The van der Waals surface area contributed by atoms with Gasteiger partial charge in [-0.1, -0.05) is 6.42 Å². The molecular weight excluding hydrogens is 246 g/mol. The van der Waals surface area contributed by atoms with Gasteiger partial charge in [-0.2, -0.15) is 0 Å². The second-order valence-electron chi connectivity index (χ2n) is 7.09. The molecule has 1 unspecified atom stereocenters. The van der Waals surface area contributed by atoms with Gasteiger partial charge in [0.15, 0.2) is 0 Å². The highest BCUT2D eigenvalue weighted by molar-refractivity contribution is 4.79. The van der Waals surface area contributed by atoms with E-state index in [9.17, 15) is 0 Å². The Balaban J connectivity index is 1.53. The first-order valence-electron chi connectivity index (χ1n) is 8.88. The first-order valence-corrected chi connectivity index (χ1v) is 8.88. The van der Waals surface area contributed by atoms with Gasteiger partial charge < -0.3 is 15.1 Å². The number of hydrogen-bond donors (Lipinski definition) is 1. The van der Waals surface area contributed by atoms with Gasteiger partial charge in [0.05, 0.1) is 0 Å². The lowest BCUT2D eigenvalue weighted by Gasteiger charge is -2.35. The average Bonchev–Trinajstić information content (AvgIpc) is 2.46. The van der Waals surface area contributed by atoms with E-state index in [4.69, 9.17) is 0 Å². The molecule has 1 N–H and O–H groups in total. The molecule has 0 bridgehead atoms. The summed E-state index contributed by atoms with van der Waals surface area (Å²) in [5, 5.41) is 3.78. The molecule has 2 rings (SSSR count). The summed E-state index contributed by atoms with van der Waals surface area (Å²) in [4.78, 5) is 5.29. The summed E-state index contributed by atoms with van der Waals surface area (Å²) < 4.78 is 0. The van der Waals surface area contributed by atoms with Crippen molar-refractivity contribution in [1.29, 1.82) is 0 Å². The monoisotopic (exact) mass is 281 g/mol. The predicted octanol–water partition coefficient (Wildman–Crippen LogP) is 2.71. The highest BCUT2D eigenvalue weighted by Gasteiger charge is 2.20. The van der Waals surface area contributed by atoms with Crippen LogP contribution in [-0.4, -0.2) is 60.6 Å². The molecule has 3 nitrogen and oxygen atoms in total. The highest BCUT2D eigenvalue weighted by atomic mass is 15.2. The summed E-state index contributed by atoms with van der Waals surface area (Å²) >= 11 is 0. The normalized spacial score (nSPS) is 27.3. The van der Waals surface area contributed by atoms with E-state index in [-0.39, 0.29) is 0 Å². The summed E-state index contributed by atoms with van der Waals surface area (Å²) in [7, 11) is 0. The average molecular weight is 281 g/mol.